The lowest BCUT2D eigenvalue weighted by atomic mass is 10.2. The number of nitrogens with zero attached hydrogens (tertiary/aromatic N) is 3. The predicted molar refractivity (Wildman–Crippen MR) is 92.0 cm³/mol. The van der Waals surface area contributed by atoms with Gasteiger partial charge in [-0.25, -0.2) is 9.97 Å². The molecule has 3 aromatic heterocycles. The van der Waals surface area contributed by atoms with Gasteiger partial charge in [-0.15, -0.1) is 11.3 Å². The molecule has 0 spiro atoms. The number of carbonyl (C=O) groups excluding carboxylic acids is 1. The fraction of sp³-hybridized carbons (Fsp3) is 0.176. The van der Waals surface area contributed by atoms with E-state index in [1.54, 1.807) is 24.5 Å². The van der Waals surface area contributed by atoms with Gasteiger partial charge in [0.15, 0.2) is 0 Å². The first-order valence-electron chi connectivity index (χ1n) is 7.31. The molecule has 0 saturated heterocycles. The van der Waals surface area contributed by atoms with Crippen molar-refractivity contribution in [3.05, 3.63) is 58.3 Å². The van der Waals surface area contributed by atoms with E-state index in [0.717, 1.165) is 22.0 Å². The Balaban J connectivity index is 1.67. The second-order valence-electron chi connectivity index (χ2n) is 5.08. The molecule has 3 rings (SSSR count). The fourth-order valence-corrected chi connectivity index (χ4v) is 2.92. The van der Waals surface area contributed by atoms with Crippen LogP contribution in [0.25, 0.3) is 11.3 Å². The molecule has 6 nitrogen and oxygen atoms in total. The average Bonchev–Trinajstić information content (AvgIpc) is 3.09. The lowest BCUT2D eigenvalue weighted by molar-refractivity contribution is 0.0950. The van der Waals surface area contributed by atoms with Crippen molar-refractivity contribution in [2.24, 2.45) is 0 Å². The molecule has 0 aliphatic heterocycles. The van der Waals surface area contributed by atoms with E-state index in [0.29, 0.717) is 18.0 Å². The number of amides is 1. The number of hydrogen-bond acceptors (Lipinski definition) is 6. The number of nitrogens with one attached hydrogen (secondary N) is 1. The van der Waals surface area contributed by atoms with E-state index in [1.165, 1.54) is 18.4 Å². The molecule has 0 saturated carbocycles. The van der Waals surface area contributed by atoms with Gasteiger partial charge in [-0.1, -0.05) is 0 Å². The maximum atomic E-state index is 12.3. The highest BCUT2D eigenvalue weighted by Gasteiger charge is 2.10. The highest BCUT2D eigenvalue weighted by molar-refractivity contribution is 7.09. The van der Waals surface area contributed by atoms with Crippen LogP contribution < -0.4 is 10.1 Å². The minimum atomic E-state index is -0.181. The molecule has 0 aliphatic carbocycles. The number of carbonyl (C=O) groups is 1. The zero-order valence-electron chi connectivity index (χ0n) is 13.3. The summed E-state index contributed by atoms with van der Waals surface area (Å²) in [5.41, 5.74) is 3.14. The molecule has 0 fully saturated rings. The Morgan fingerprint density at radius 1 is 1.25 bits per heavy atom. The molecule has 1 N–H and O–H groups in total. The van der Waals surface area contributed by atoms with Crippen LogP contribution in [0.3, 0.4) is 0 Å². The molecular weight excluding hydrogens is 324 g/mol. The first kappa shape index (κ1) is 16.1. The van der Waals surface area contributed by atoms with Crippen LogP contribution >= 0.6 is 11.3 Å². The molecule has 0 bridgehead atoms. The summed E-state index contributed by atoms with van der Waals surface area (Å²) in [6.45, 7) is 2.19. The van der Waals surface area contributed by atoms with Crippen molar-refractivity contribution in [3.63, 3.8) is 0 Å². The summed E-state index contributed by atoms with van der Waals surface area (Å²) >= 11 is 1.51. The van der Waals surface area contributed by atoms with Crippen molar-refractivity contribution in [2.75, 3.05) is 7.11 Å². The molecule has 1 amide bonds. The van der Waals surface area contributed by atoms with E-state index in [2.05, 4.69) is 20.3 Å². The number of thiazole rings is 1. The van der Waals surface area contributed by atoms with E-state index in [1.807, 2.05) is 24.4 Å². The zero-order chi connectivity index (χ0) is 16.9. The van der Waals surface area contributed by atoms with E-state index < -0.39 is 0 Å². The van der Waals surface area contributed by atoms with Crippen molar-refractivity contribution in [1.29, 1.82) is 0 Å². The topological polar surface area (TPSA) is 77.0 Å². The third kappa shape index (κ3) is 3.75. The normalized spacial score (nSPS) is 10.4. The predicted octanol–water partition coefficient (Wildman–Crippen LogP) is 2.85. The number of aryl methyl sites for hydroxylation is 1. The quantitative estimate of drug-likeness (QED) is 0.773. The van der Waals surface area contributed by atoms with Crippen molar-refractivity contribution in [2.45, 2.75) is 13.5 Å². The van der Waals surface area contributed by atoms with Gasteiger partial charge in [0.05, 0.1) is 19.3 Å². The fourth-order valence-electron chi connectivity index (χ4n) is 2.18. The van der Waals surface area contributed by atoms with Crippen molar-refractivity contribution in [3.8, 4) is 17.1 Å². The summed E-state index contributed by atoms with van der Waals surface area (Å²) in [6, 6.07) is 7.15. The molecule has 3 heterocycles. The van der Waals surface area contributed by atoms with Crippen LogP contribution in [0.5, 0.6) is 5.88 Å². The molecule has 3 aromatic rings. The van der Waals surface area contributed by atoms with Gasteiger partial charge in [0.1, 0.15) is 5.01 Å². The Hall–Kier alpha value is -2.80. The monoisotopic (exact) mass is 340 g/mol. The highest BCUT2D eigenvalue weighted by Crippen LogP contribution is 2.21. The molecule has 0 aliphatic rings. The average molecular weight is 340 g/mol. The summed E-state index contributed by atoms with van der Waals surface area (Å²) in [5, 5.41) is 5.68. The van der Waals surface area contributed by atoms with Gasteiger partial charge >= 0.3 is 0 Å². The molecule has 24 heavy (non-hydrogen) atoms. The number of methoxy groups -OCH3 is 1. The maximum absolute atomic E-state index is 12.3. The molecule has 0 aromatic carbocycles. The van der Waals surface area contributed by atoms with Gasteiger partial charge in [-0.05, 0) is 25.1 Å². The molecule has 0 radical (unpaired) electrons. The van der Waals surface area contributed by atoms with Crippen LogP contribution in [0.4, 0.5) is 0 Å². The standard InChI is InChI=1S/C17H16N4O2S/c1-11-7-13(8-15(20-11)23-2)17(22)19-9-16-21-14(10-24-16)12-3-5-18-6-4-12/h3-8,10H,9H2,1-2H3,(H,19,22). The van der Waals surface area contributed by atoms with Gasteiger partial charge in [0.25, 0.3) is 5.91 Å². The summed E-state index contributed by atoms with van der Waals surface area (Å²) in [6.07, 6.45) is 3.46. The minimum absolute atomic E-state index is 0.181. The van der Waals surface area contributed by atoms with Crippen LogP contribution in [0.1, 0.15) is 21.1 Å². The smallest absolute Gasteiger partial charge is 0.251 e. The summed E-state index contributed by atoms with van der Waals surface area (Å²) in [4.78, 5) is 25.0. The number of aromatic nitrogens is 3. The number of pyridine rings is 2. The first-order valence-corrected chi connectivity index (χ1v) is 8.19. The Labute approximate surface area is 143 Å². The minimum Gasteiger partial charge on any atom is -0.481 e. The van der Waals surface area contributed by atoms with Crippen LogP contribution in [0.2, 0.25) is 0 Å². The van der Waals surface area contributed by atoms with Crippen LogP contribution in [-0.2, 0) is 6.54 Å². The molecule has 0 atom stereocenters. The number of ether oxygens (including phenoxy) is 1. The second kappa shape index (κ2) is 7.18. The third-order valence-corrected chi connectivity index (χ3v) is 4.18. The van der Waals surface area contributed by atoms with Gasteiger partial charge in [0.2, 0.25) is 5.88 Å². The molecular formula is C17H16N4O2S. The molecule has 0 unspecified atom stereocenters. The molecule has 122 valence electrons. The van der Waals surface area contributed by atoms with Gasteiger partial charge < -0.3 is 10.1 Å². The van der Waals surface area contributed by atoms with Gasteiger partial charge in [-0.2, -0.15) is 0 Å². The number of hydrogen-bond donors (Lipinski definition) is 1. The van der Waals surface area contributed by atoms with Crippen LogP contribution in [-0.4, -0.2) is 28.0 Å². The Bertz CT molecular complexity index is 849. The summed E-state index contributed by atoms with van der Waals surface area (Å²) in [5.74, 6) is 0.244. The van der Waals surface area contributed by atoms with Crippen molar-refractivity contribution >= 4 is 17.2 Å². The Morgan fingerprint density at radius 2 is 2.04 bits per heavy atom. The van der Waals surface area contributed by atoms with Crippen molar-refractivity contribution < 1.29 is 9.53 Å². The zero-order valence-corrected chi connectivity index (χ0v) is 14.1. The Morgan fingerprint density at radius 3 is 2.79 bits per heavy atom. The van der Waals surface area contributed by atoms with Gasteiger partial charge in [-0.3, -0.25) is 9.78 Å². The third-order valence-electron chi connectivity index (χ3n) is 3.33. The Kier molecular flexibility index (Phi) is 4.81. The molecule has 7 heteroatoms. The lowest BCUT2D eigenvalue weighted by Gasteiger charge is -2.06. The largest absolute Gasteiger partial charge is 0.481 e. The number of rotatable bonds is 5. The summed E-state index contributed by atoms with van der Waals surface area (Å²) in [7, 11) is 1.53. The summed E-state index contributed by atoms with van der Waals surface area (Å²) < 4.78 is 5.09. The van der Waals surface area contributed by atoms with E-state index in [4.69, 9.17) is 4.74 Å². The highest BCUT2D eigenvalue weighted by atomic mass is 32.1. The SMILES string of the molecule is COc1cc(C(=O)NCc2nc(-c3ccncc3)cs2)cc(C)n1. The lowest BCUT2D eigenvalue weighted by Crippen LogP contribution is -2.23. The van der Waals surface area contributed by atoms with Gasteiger partial charge in [0, 0.05) is 40.7 Å². The van der Waals surface area contributed by atoms with E-state index in [-0.39, 0.29) is 5.91 Å². The second-order valence-corrected chi connectivity index (χ2v) is 6.03. The van der Waals surface area contributed by atoms with E-state index in [9.17, 15) is 4.79 Å². The maximum Gasteiger partial charge on any atom is 0.251 e. The van der Waals surface area contributed by atoms with E-state index >= 15 is 0 Å². The van der Waals surface area contributed by atoms with Crippen LogP contribution in [0, 0.1) is 6.92 Å². The van der Waals surface area contributed by atoms with Crippen molar-refractivity contribution in [1.82, 2.24) is 20.3 Å². The first-order chi connectivity index (χ1) is 11.7. The van der Waals surface area contributed by atoms with Crippen LogP contribution in [0.15, 0.2) is 42.0 Å².